The SMILES string of the molecule is COc1cnc(-n2cnc(C)n2)c2[nH]cc(C(=O)C(=O)N3CCN(C(=O)c4ccccc4)CC3C)c12. The zero-order valence-electron chi connectivity index (χ0n) is 20.1. The van der Waals surface area contributed by atoms with Gasteiger partial charge in [-0.15, -0.1) is 0 Å². The first-order valence-corrected chi connectivity index (χ1v) is 11.5. The summed E-state index contributed by atoms with van der Waals surface area (Å²) in [5.41, 5.74) is 1.28. The number of aromatic amines is 1. The summed E-state index contributed by atoms with van der Waals surface area (Å²) in [5, 5.41) is 4.74. The zero-order chi connectivity index (χ0) is 25.4. The van der Waals surface area contributed by atoms with Gasteiger partial charge in [-0.25, -0.2) is 14.6 Å². The van der Waals surface area contributed by atoms with Crippen LogP contribution in [0.25, 0.3) is 16.7 Å². The van der Waals surface area contributed by atoms with Gasteiger partial charge in [0, 0.05) is 37.4 Å². The van der Waals surface area contributed by atoms with Crippen molar-refractivity contribution in [3.8, 4) is 11.6 Å². The molecule has 3 aromatic heterocycles. The lowest BCUT2D eigenvalue weighted by molar-refractivity contribution is -0.130. The van der Waals surface area contributed by atoms with Crippen LogP contribution in [0.5, 0.6) is 5.75 Å². The molecule has 0 spiro atoms. The first-order chi connectivity index (χ1) is 17.4. The van der Waals surface area contributed by atoms with Crippen molar-refractivity contribution in [2.45, 2.75) is 19.9 Å². The van der Waals surface area contributed by atoms with Gasteiger partial charge in [-0.3, -0.25) is 14.4 Å². The number of fused-ring (bicyclic) bond motifs is 1. The Morgan fingerprint density at radius 2 is 1.89 bits per heavy atom. The normalized spacial score (nSPS) is 15.8. The van der Waals surface area contributed by atoms with Crippen LogP contribution in [-0.2, 0) is 4.79 Å². The molecule has 1 unspecified atom stereocenters. The third kappa shape index (κ3) is 3.98. The zero-order valence-corrected chi connectivity index (χ0v) is 20.1. The van der Waals surface area contributed by atoms with Gasteiger partial charge in [0.1, 0.15) is 17.9 Å². The van der Waals surface area contributed by atoms with E-state index >= 15 is 0 Å². The van der Waals surface area contributed by atoms with E-state index in [1.807, 2.05) is 25.1 Å². The molecule has 4 heterocycles. The van der Waals surface area contributed by atoms with Crippen LogP contribution in [0, 0.1) is 6.92 Å². The summed E-state index contributed by atoms with van der Waals surface area (Å²) < 4.78 is 6.95. The molecule has 0 saturated carbocycles. The molecule has 5 rings (SSSR count). The Kier molecular flexibility index (Phi) is 5.96. The predicted octanol–water partition coefficient (Wildman–Crippen LogP) is 2.02. The van der Waals surface area contributed by atoms with Crippen molar-refractivity contribution >= 4 is 28.5 Å². The van der Waals surface area contributed by atoms with Crippen LogP contribution in [0.15, 0.2) is 49.1 Å². The van der Waals surface area contributed by atoms with E-state index in [-0.39, 0.29) is 24.1 Å². The van der Waals surface area contributed by atoms with Crippen molar-refractivity contribution in [1.82, 2.24) is 34.5 Å². The van der Waals surface area contributed by atoms with E-state index < -0.39 is 11.7 Å². The minimum absolute atomic E-state index is 0.0920. The monoisotopic (exact) mass is 487 g/mol. The number of pyridine rings is 1. The third-order valence-electron chi connectivity index (χ3n) is 6.33. The first kappa shape index (κ1) is 23.2. The summed E-state index contributed by atoms with van der Waals surface area (Å²) in [6.45, 7) is 4.53. The molecule has 1 atom stereocenters. The Morgan fingerprint density at radius 1 is 1.11 bits per heavy atom. The number of ketones is 1. The topological polar surface area (TPSA) is 126 Å². The molecular formula is C25H25N7O4. The Balaban J connectivity index is 1.40. The summed E-state index contributed by atoms with van der Waals surface area (Å²) in [5.74, 6) is -0.0368. The van der Waals surface area contributed by atoms with E-state index in [1.54, 1.807) is 24.0 Å². The molecule has 1 aliphatic rings. The lowest BCUT2D eigenvalue weighted by atomic mass is 10.1. The Labute approximate surface area is 206 Å². The maximum absolute atomic E-state index is 13.4. The van der Waals surface area contributed by atoms with Crippen LogP contribution >= 0.6 is 0 Å². The number of aryl methyl sites for hydroxylation is 1. The number of H-pyrrole nitrogens is 1. The number of benzene rings is 1. The predicted molar refractivity (Wildman–Crippen MR) is 130 cm³/mol. The lowest BCUT2D eigenvalue weighted by Gasteiger charge is -2.39. The van der Waals surface area contributed by atoms with Gasteiger partial charge in [0.15, 0.2) is 5.82 Å². The number of nitrogens with one attached hydrogen (secondary N) is 1. The number of methoxy groups -OCH3 is 1. The van der Waals surface area contributed by atoms with Crippen LogP contribution in [-0.4, -0.2) is 84.9 Å². The fourth-order valence-electron chi connectivity index (χ4n) is 4.51. The number of piperazine rings is 1. The minimum Gasteiger partial charge on any atom is -0.494 e. The number of hydrogen-bond acceptors (Lipinski definition) is 7. The Morgan fingerprint density at radius 3 is 2.56 bits per heavy atom. The second-order valence-electron chi connectivity index (χ2n) is 8.63. The number of amides is 2. The quantitative estimate of drug-likeness (QED) is 0.337. The molecule has 1 N–H and O–H groups in total. The molecule has 0 radical (unpaired) electrons. The summed E-state index contributed by atoms with van der Waals surface area (Å²) >= 11 is 0. The van der Waals surface area contributed by atoms with Crippen molar-refractivity contribution < 1.29 is 19.1 Å². The average Bonchev–Trinajstić information content (AvgIpc) is 3.54. The molecule has 0 aliphatic carbocycles. The highest BCUT2D eigenvalue weighted by Gasteiger charge is 2.35. The lowest BCUT2D eigenvalue weighted by Crippen LogP contribution is -2.56. The largest absolute Gasteiger partial charge is 0.494 e. The van der Waals surface area contributed by atoms with Gasteiger partial charge < -0.3 is 19.5 Å². The van der Waals surface area contributed by atoms with Crippen molar-refractivity contribution in [2.24, 2.45) is 0 Å². The number of ether oxygens (including phenoxy) is 1. The highest BCUT2D eigenvalue weighted by atomic mass is 16.5. The third-order valence-corrected chi connectivity index (χ3v) is 6.33. The van der Waals surface area contributed by atoms with Gasteiger partial charge in [0.25, 0.3) is 17.6 Å². The summed E-state index contributed by atoms with van der Waals surface area (Å²) in [6, 6.07) is 8.69. The molecule has 1 fully saturated rings. The number of carbonyl (C=O) groups excluding carboxylic acids is 3. The fourth-order valence-corrected chi connectivity index (χ4v) is 4.51. The van der Waals surface area contributed by atoms with E-state index in [2.05, 4.69) is 20.1 Å². The molecule has 1 aromatic carbocycles. The Bertz CT molecular complexity index is 1460. The fraction of sp³-hybridized carbons (Fsp3) is 0.280. The van der Waals surface area contributed by atoms with Gasteiger partial charge >= 0.3 is 0 Å². The van der Waals surface area contributed by atoms with Crippen molar-refractivity contribution in [2.75, 3.05) is 26.7 Å². The van der Waals surface area contributed by atoms with Crippen LogP contribution in [0.1, 0.15) is 33.5 Å². The van der Waals surface area contributed by atoms with E-state index in [0.717, 1.165) is 0 Å². The van der Waals surface area contributed by atoms with E-state index in [1.165, 1.54) is 35.4 Å². The van der Waals surface area contributed by atoms with Gasteiger partial charge in [-0.05, 0) is 26.0 Å². The van der Waals surface area contributed by atoms with E-state index in [9.17, 15) is 14.4 Å². The van der Waals surface area contributed by atoms with Crippen LogP contribution in [0.2, 0.25) is 0 Å². The van der Waals surface area contributed by atoms with Crippen molar-refractivity contribution in [1.29, 1.82) is 0 Å². The molecule has 11 nitrogen and oxygen atoms in total. The standard InChI is InChI=1S/C25H25N7O4/c1-15-13-30(24(34)17-7-5-4-6-8-17)9-10-31(15)25(35)22(33)18-11-26-21-20(18)19(36-3)12-27-23(21)32-14-28-16(2)29-32/h4-8,11-12,14-15,26H,9-10,13H2,1-3H3. The number of aromatic nitrogens is 5. The number of hydrogen-bond donors (Lipinski definition) is 1. The maximum Gasteiger partial charge on any atom is 0.295 e. The average molecular weight is 488 g/mol. The molecule has 0 bridgehead atoms. The van der Waals surface area contributed by atoms with Gasteiger partial charge in [-0.2, -0.15) is 5.10 Å². The second kappa shape index (κ2) is 9.25. The highest BCUT2D eigenvalue weighted by molar-refractivity contribution is 6.45. The molecule has 1 saturated heterocycles. The number of Topliss-reactive ketones (excluding diaryl/α,β-unsaturated/α-hetero) is 1. The van der Waals surface area contributed by atoms with Crippen LogP contribution in [0.4, 0.5) is 0 Å². The molecule has 11 heteroatoms. The van der Waals surface area contributed by atoms with Gasteiger partial charge in [0.2, 0.25) is 0 Å². The van der Waals surface area contributed by atoms with Crippen molar-refractivity contribution in [3.05, 3.63) is 66.0 Å². The number of rotatable bonds is 5. The summed E-state index contributed by atoms with van der Waals surface area (Å²) in [6.07, 6.45) is 4.50. The summed E-state index contributed by atoms with van der Waals surface area (Å²) in [7, 11) is 1.48. The van der Waals surface area contributed by atoms with Gasteiger partial charge in [-0.1, -0.05) is 18.2 Å². The molecule has 4 aromatic rings. The highest BCUT2D eigenvalue weighted by Crippen LogP contribution is 2.32. The number of carbonyl (C=O) groups is 3. The van der Waals surface area contributed by atoms with Crippen LogP contribution in [0.3, 0.4) is 0 Å². The van der Waals surface area contributed by atoms with Crippen LogP contribution < -0.4 is 4.74 Å². The number of nitrogens with zero attached hydrogens (tertiary/aromatic N) is 6. The molecule has 36 heavy (non-hydrogen) atoms. The van der Waals surface area contributed by atoms with Crippen molar-refractivity contribution in [3.63, 3.8) is 0 Å². The molecule has 2 amide bonds. The second-order valence-corrected chi connectivity index (χ2v) is 8.63. The van der Waals surface area contributed by atoms with E-state index in [4.69, 9.17) is 4.74 Å². The van der Waals surface area contributed by atoms with E-state index in [0.29, 0.717) is 46.9 Å². The van der Waals surface area contributed by atoms with Gasteiger partial charge in [0.05, 0.1) is 29.8 Å². The molecule has 184 valence electrons. The Hall–Kier alpha value is -4.54. The summed E-state index contributed by atoms with van der Waals surface area (Å²) in [4.78, 5) is 54.4. The molecule has 1 aliphatic heterocycles. The first-order valence-electron chi connectivity index (χ1n) is 11.5. The maximum atomic E-state index is 13.4. The minimum atomic E-state index is -0.666. The smallest absolute Gasteiger partial charge is 0.295 e. The molecular weight excluding hydrogens is 462 g/mol.